The average molecular weight is 204 g/mol. The van der Waals surface area contributed by atoms with Gasteiger partial charge in [-0.15, -0.1) is 0 Å². The van der Waals surface area contributed by atoms with Gasteiger partial charge in [0.25, 0.3) is 0 Å². The van der Waals surface area contributed by atoms with E-state index in [1.807, 2.05) is 25.1 Å². The van der Waals surface area contributed by atoms with E-state index in [-0.39, 0.29) is 5.92 Å². The van der Waals surface area contributed by atoms with Crippen molar-refractivity contribution in [3.05, 3.63) is 34.9 Å². The van der Waals surface area contributed by atoms with Gasteiger partial charge in [0.05, 0.1) is 0 Å². The number of carbonyl (C=O) groups is 2. The summed E-state index contributed by atoms with van der Waals surface area (Å²) >= 11 is 0. The molecule has 15 heavy (non-hydrogen) atoms. The molecule has 1 atom stereocenters. The quantitative estimate of drug-likeness (QED) is 0.740. The summed E-state index contributed by atoms with van der Waals surface area (Å²) in [7, 11) is 0. The first-order valence-corrected chi connectivity index (χ1v) is 4.94. The highest BCUT2D eigenvalue weighted by molar-refractivity contribution is 6.33. The lowest BCUT2D eigenvalue weighted by molar-refractivity contribution is -0.150. The van der Waals surface area contributed by atoms with Crippen molar-refractivity contribution in [3.63, 3.8) is 0 Å². The van der Waals surface area contributed by atoms with E-state index in [2.05, 4.69) is 0 Å². The molecule has 0 aliphatic heterocycles. The summed E-state index contributed by atoms with van der Waals surface area (Å²) in [5, 5.41) is 8.64. The number of aliphatic carboxylic acids is 1. The second-order valence-electron chi connectivity index (χ2n) is 3.99. The zero-order valence-corrected chi connectivity index (χ0v) is 8.49. The van der Waals surface area contributed by atoms with Crippen molar-refractivity contribution < 1.29 is 14.7 Å². The van der Waals surface area contributed by atoms with Crippen LogP contribution < -0.4 is 0 Å². The molecule has 2 rings (SSSR count). The second kappa shape index (κ2) is 3.50. The Bertz CT molecular complexity index is 434. The van der Waals surface area contributed by atoms with Crippen LogP contribution >= 0.6 is 0 Å². The minimum absolute atomic E-state index is 0.362. The highest BCUT2D eigenvalue weighted by atomic mass is 16.4. The topological polar surface area (TPSA) is 54.4 Å². The zero-order chi connectivity index (χ0) is 11.0. The second-order valence-corrected chi connectivity index (χ2v) is 3.99. The summed E-state index contributed by atoms with van der Waals surface area (Å²) in [6, 6.07) is 5.91. The first-order chi connectivity index (χ1) is 7.09. The van der Waals surface area contributed by atoms with E-state index in [4.69, 9.17) is 5.11 Å². The number of carbonyl (C=O) groups excluding carboxylic acids is 1. The van der Waals surface area contributed by atoms with Crippen LogP contribution in [-0.2, 0) is 22.4 Å². The van der Waals surface area contributed by atoms with Crippen LogP contribution in [0.5, 0.6) is 0 Å². The monoisotopic (exact) mass is 204 g/mol. The molecular formula is C12H12O3. The molecule has 0 saturated carbocycles. The van der Waals surface area contributed by atoms with Gasteiger partial charge in [-0.1, -0.05) is 18.2 Å². The van der Waals surface area contributed by atoms with Crippen LogP contribution in [0, 0.1) is 12.8 Å². The highest BCUT2D eigenvalue weighted by Gasteiger charge is 2.31. The maximum atomic E-state index is 11.3. The van der Waals surface area contributed by atoms with Crippen LogP contribution in [0.3, 0.4) is 0 Å². The van der Waals surface area contributed by atoms with E-state index >= 15 is 0 Å². The first-order valence-electron chi connectivity index (χ1n) is 4.94. The molecule has 1 aromatic rings. The van der Waals surface area contributed by atoms with Crippen molar-refractivity contribution in [1.29, 1.82) is 0 Å². The predicted molar refractivity (Wildman–Crippen MR) is 54.7 cm³/mol. The number of Topliss-reactive ketones (excluding diaryl/α,β-unsaturated/α-hetero) is 1. The van der Waals surface area contributed by atoms with Gasteiger partial charge in [0, 0.05) is 5.92 Å². The molecule has 1 aliphatic rings. The van der Waals surface area contributed by atoms with Gasteiger partial charge >= 0.3 is 5.97 Å². The molecular weight excluding hydrogens is 192 g/mol. The van der Waals surface area contributed by atoms with Gasteiger partial charge in [0.2, 0.25) is 5.78 Å². The molecule has 0 aromatic heterocycles. The van der Waals surface area contributed by atoms with Gasteiger partial charge < -0.3 is 5.11 Å². The molecule has 78 valence electrons. The molecule has 0 heterocycles. The van der Waals surface area contributed by atoms with Crippen LogP contribution in [0.1, 0.15) is 16.7 Å². The van der Waals surface area contributed by atoms with Crippen LogP contribution in [0.4, 0.5) is 0 Å². The molecule has 1 N–H and O–H groups in total. The summed E-state index contributed by atoms with van der Waals surface area (Å²) in [6.45, 7) is 1.99. The first kappa shape index (κ1) is 9.90. The minimum Gasteiger partial charge on any atom is -0.475 e. The zero-order valence-electron chi connectivity index (χ0n) is 8.49. The molecule has 1 aliphatic carbocycles. The van der Waals surface area contributed by atoms with Gasteiger partial charge in [-0.05, 0) is 36.5 Å². The molecule has 0 spiro atoms. The number of hydrogen-bond acceptors (Lipinski definition) is 2. The third-order valence-corrected chi connectivity index (χ3v) is 3.01. The summed E-state index contributed by atoms with van der Waals surface area (Å²) in [5.74, 6) is -2.34. The Morgan fingerprint density at radius 3 is 2.67 bits per heavy atom. The van der Waals surface area contributed by atoms with Crippen LogP contribution in [0.15, 0.2) is 18.2 Å². The smallest absolute Gasteiger partial charge is 0.372 e. The third kappa shape index (κ3) is 1.65. The fraction of sp³-hybridized carbons (Fsp3) is 0.333. The number of hydrogen-bond donors (Lipinski definition) is 1. The van der Waals surface area contributed by atoms with E-state index in [1.54, 1.807) is 0 Å². The number of carboxylic acids is 1. The number of aryl methyl sites for hydroxylation is 1. The average Bonchev–Trinajstić information content (AvgIpc) is 2.61. The number of ketones is 1. The van der Waals surface area contributed by atoms with E-state index in [0.29, 0.717) is 12.8 Å². The molecule has 1 aromatic carbocycles. The molecule has 3 heteroatoms. The molecule has 0 saturated heterocycles. The largest absolute Gasteiger partial charge is 0.475 e. The molecule has 0 bridgehead atoms. The summed E-state index contributed by atoms with van der Waals surface area (Å²) in [6.07, 6.45) is 1.15. The Morgan fingerprint density at radius 1 is 1.33 bits per heavy atom. The lowest BCUT2D eigenvalue weighted by Gasteiger charge is -2.02. The van der Waals surface area contributed by atoms with Crippen molar-refractivity contribution in [3.8, 4) is 0 Å². The molecule has 0 fully saturated rings. The number of rotatable bonds is 2. The number of benzene rings is 1. The van der Waals surface area contributed by atoms with Crippen LogP contribution in [0.2, 0.25) is 0 Å². The minimum atomic E-state index is -1.31. The standard InChI is InChI=1S/C12H12O3/c1-7-3-2-4-8-5-9(6-10(7)8)11(13)12(14)15/h2-4,9H,5-6H2,1H3,(H,14,15). The van der Waals surface area contributed by atoms with Gasteiger partial charge in [-0.3, -0.25) is 4.79 Å². The number of fused-ring (bicyclic) bond motifs is 1. The van der Waals surface area contributed by atoms with E-state index in [9.17, 15) is 9.59 Å². The van der Waals surface area contributed by atoms with Crippen molar-refractivity contribution in [1.82, 2.24) is 0 Å². The lowest BCUT2D eigenvalue weighted by Crippen LogP contribution is -2.23. The third-order valence-electron chi connectivity index (χ3n) is 3.01. The fourth-order valence-electron chi connectivity index (χ4n) is 2.19. The van der Waals surface area contributed by atoms with Crippen LogP contribution in [0.25, 0.3) is 0 Å². The molecule has 0 radical (unpaired) electrons. The maximum Gasteiger partial charge on any atom is 0.372 e. The van der Waals surface area contributed by atoms with E-state index in [1.165, 1.54) is 0 Å². The van der Waals surface area contributed by atoms with E-state index < -0.39 is 11.8 Å². The molecule has 3 nitrogen and oxygen atoms in total. The predicted octanol–water partition coefficient (Wildman–Crippen LogP) is 1.36. The van der Waals surface area contributed by atoms with Gasteiger partial charge in [0.15, 0.2) is 0 Å². The van der Waals surface area contributed by atoms with Gasteiger partial charge in [-0.25, -0.2) is 4.79 Å². The Morgan fingerprint density at radius 2 is 2.07 bits per heavy atom. The van der Waals surface area contributed by atoms with Crippen molar-refractivity contribution in [2.45, 2.75) is 19.8 Å². The normalized spacial score (nSPS) is 18.6. The van der Waals surface area contributed by atoms with Gasteiger partial charge in [-0.2, -0.15) is 0 Å². The Labute approximate surface area is 87.7 Å². The number of carboxylic acid groups (broad SMARTS) is 1. The van der Waals surface area contributed by atoms with Crippen molar-refractivity contribution >= 4 is 11.8 Å². The fourth-order valence-corrected chi connectivity index (χ4v) is 2.19. The Balaban J connectivity index is 2.26. The van der Waals surface area contributed by atoms with E-state index in [0.717, 1.165) is 16.7 Å². The van der Waals surface area contributed by atoms with Crippen LogP contribution in [-0.4, -0.2) is 16.9 Å². The Hall–Kier alpha value is -1.64. The Kier molecular flexibility index (Phi) is 2.31. The summed E-state index contributed by atoms with van der Waals surface area (Å²) in [5.41, 5.74) is 3.42. The summed E-state index contributed by atoms with van der Waals surface area (Å²) in [4.78, 5) is 21.9. The van der Waals surface area contributed by atoms with Crippen molar-refractivity contribution in [2.24, 2.45) is 5.92 Å². The van der Waals surface area contributed by atoms with Gasteiger partial charge in [0.1, 0.15) is 0 Å². The molecule has 0 amide bonds. The highest BCUT2D eigenvalue weighted by Crippen LogP contribution is 2.29. The van der Waals surface area contributed by atoms with Crippen molar-refractivity contribution in [2.75, 3.05) is 0 Å². The summed E-state index contributed by atoms with van der Waals surface area (Å²) < 4.78 is 0. The maximum absolute atomic E-state index is 11.3. The lowest BCUT2D eigenvalue weighted by atomic mass is 10.0. The SMILES string of the molecule is Cc1cccc2c1CC(C(=O)C(=O)O)C2. The molecule has 1 unspecified atom stereocenters.